The number of nitrogens with zero attached hydrogens (tertiary/aromatic N) is 2. The molecule has 0 spiro atoms. The van der Waals surface area contributed by atoms with Gasteiger partial charge in [-0.3, -0.25) is 9.36 Å². The van der Waals surface area contributed by atoms with Crippen LogP contribution in [-0.4, -0.2) is 4.57 Å². The molecule has 3 heteroatoms. The third-order valence-corrected chi connectivity index (χ3v) is 9.88. The monoisotopic (exact) mass is 612 g/mol. The Hall–Kier alpha value is -6.45. The predicted octanol–water partition coefficient (Wildman–Crippen LogP) is 11.6. The van der Waals surface area contributed by atoms with Crippen LogP contribution in [0.3, 0.4) is 0 Å². The molecule has 48 heavy (non-hydrogen) atoms. The summed E-state index contributed by atoms with van der Waals surface area (Å²) < 4.78 is 1.95. The van der Waals surface area contributed by atoms with Gasteiger partial charge in [-0.1, -0.05) is 127 Å². The van der Waals surface area contributed by atoms with Gasteiger partial charge in [0.05, 0.1) is 22.6 Å². The number of fused-ring (bicyclic) bond motifs is 6. The van der Waals surface area contributed by atoms with Crippen LogP contribution in [-0.2, 0) is 0 Å². The van der Waals surface area contributed by atoms with Crippen LogP contribution in [0.5, 0.6) is 0 Å². The normalized spacial score (nSPS) is 12.2. The second-order valence-electron chi connectivity index (χ2n) is 12.5. The van der Waals surface area contributed by atoms with Crippen molar-refractivity contribution in [3.8, 4) is 27.9 Å². The molecule has 0 saturated heterocycles. The van der Waals surface area contributed by atoms with Gasteiger partial charge < -0.3 is 4.90 Å². The summed E-state index contributed by atoms with van der Waals surface area (Å²) in [4.78, 5) is 16.9. The summed E-state index contributed by atoms with van der Waals surface area (Å²) in [6, 6.07) is 59.7. The maximum Gasteiger partial charge on any atom is 0.263 e. The van der Waals surface area contributed by atoms with Gasteiger partial charge in [0.25, 0.3) is 5.56 Å². The van der Waals surface area contributed by atoms with Crippen molar-refractivity contribution < 1.29 is 0 Å². The van der Waals surface area contributed by atoms with Crippen LogP contribution in [0.15, 0.2) is 175 Å². The number of aromatic nitrogens is 1. The Morgan fingerprint density at radius 1 is 0.375 bits per heavy atom. The maximum atomic E-state index is 14.6. The van der Waals surface area contributed by atoms with Crippen molar-refractivity contribution in [1.29, 1.82) is 0 Å². The van der Waals surface area contributed by atoms with E-state index in [-0.39, 0.29) is 5.56 Å². The lowest BCUT2D eigenvalue weighted by Crippen LogP contribution is -2.27. The number of hydrogen-bond acceptors (Lipinski definition) is 2. The lowest BCUT2D eigenvalue weighted by molar-refractivity contribution is 1.03. The number of pyridine rings is 1. The molecule has 8 aromatic carbocycles. The minimum atomic E-state index is -0.0101. The molecule has 0 N–H and O–H groups in total. The molecule has 3 nitrogen and oxygen atoms in total. The van der Waals surface area contributed by atoms with E-state index in [4.69, 9.17) is 0 Å². The zero-order valence-corrected chi connectivity index (χ0v) is 26.0. The minimum absolute atomic E-state index is 0.0101. The van der Waals surface area contributed by atoms with Crippen LogP contribution in [0.4, 0.5) is 17.1 Å². The molecule has 10 rings (SSSR count). The van der Waals surface area contributed by atoms with Crippen molar-refractivity contribution in [1.82, 2.24) is 4.57 Å². The largest absolute Gasteiger partial charge is 0.306 e. The van der Waals surface area contributed by atoms with E-state index in [1.54, 1.807) is 0 Å². The molecule has 1 aromatic heterocycles. The quantitative estimate of drug-likeness (QED) is 0.186. The molecule has 0 bridgehead atoms. The fourth-order valence-corrected chi connectivity index (χ4v) is 7.74. The second kappa shape index (κ2) is 10.3. The van der Waals surface area contributed by atoms with Gasteiger partial charge in [-0.25, -0.2) is 0 Å². The SMILES string of the molecule is O=c1c2ccccc2c2cc(-c3cccc4ccccc34)cc3c2n1-c1ccc(-c2cccc4ccccc24)cc1N3c1ccccc1. The number of anilines is 3. The molecule has 2 heterocycles. The standard InChI is InChI=1S/C45H28N2O/c48-45-39-21-9-8-20-38(39)40-26-32(37-23-11-15-30-13-5-7-19-35(30)37)28-43-44(40)47(45)41-25-24-31(27-42(41)46(43)33-16-2-1-3-17-33)36-22-10-14-29-12-4-6-18-34(29)36/h1-28H. The predicted molar refractivity (Wildman–Crippen MR) is 201 cm³/mol. The number of para-hydroxylation sites is 1. The van der Waals surface area contributed by atoms with Gasteiger partial charge in [0.1, 0.15) is 0 Å². The Morgan fingerprint density at radius 3 is 1.65 bits per heavy atom. The van der Waals surface area contributed by atoms with Crippen LogP contribution >= 0.6 is 0 Å². The summed E-state index contributed by atoms with van der Waals surface area (Å²) in [5.41, 5.74) is 9.29. The fourth-order valence-electron chi connectivity index (χ4n) is 7.74. The zero-order valence-electron chi connectivity index (χ0n) is 26.0. The average Bonchev–Trinajstić information content (AvgIpc) is 3.15. The summed E-state index contributed by atoms with van der Waals surface area (Å²) in [7, 11) is 0. The van der Waals surface area contributed by atoms with Crippen molar-refractivity contribution in [2.45, 2.75) is 0 Å². The Morgan fingerprint density at radius 2 is 0.938 bits per heavy atom. The number of benzene rings is 8. The Labute approximate surface area is 277 Å². The van der Waals surface area contributed by atoms with Crippen molar-refractivity contribution in [3.05, 3.63) is 180 Å². The summed E-state index contributed by atoms with van der Waals surface area (Å²) in [5.74, 6) is 0. The Balaban J connectivity index is 1.36. The van der Waals surface area contributed by atoms with Gasteiger partial charge in [-0.15, -0.1) is 0 Å². The van der Waals surface area contributed by atoms with E-state index in [9.17, 15) is 4.79 Å². The van der Waals surface area contributed by atoms with Crippen LogP contribution in [0.2, 0.25) is 0 Å². The summed E-state index contributed by atoms with van der Waals surface area (Å²) in [6.45, 7) is 0. The van der Waals surface area contributed by atoms with E-state index in [0.717, 1.165) is 61.3 Å². The van der Waals surface area contributed by atoms with Crippen molar-refractivity contribution in [2.24, 2.45) is 0 Å². The first-order valence-corrected chi connectivity index (χ1v) is 16.3. The van der Waals surface area contributed by atoms with Crippen LogP contribution in [0.25, 0.3) is 71.2 Å². The van der Waals surface area contributed by atoms with Gasteiger partial charge in [-0.2, -0.15) is 0 Å². The first kappa shape index (κ1) is 26.7. The summed E-state index contributed by atoms with van der Waals surface area (Å²) in [6.07, 6.45) is 0. The molecule has 1 aliphatic heterocycles. The zero-order chi connectivity index (χ0) is 31.8. The highest BCUT2D eigenvalue weighted by Crippen LogP contribution is 2.50. The van der Waals surface area contributed by atoms with E-state index < -0.39 is 0 Å². The molecule has 0 unspecified atom stereocenters. The van der Waals surface area contributed by atoms with Crippen LogP contribution < -0.4 is 10.5 Å². The van der Waals surface area contributed by atoms with Gasteiger partial charge in [-0.05, 0) is 91.6 Å². The topological polar surface area (TPSA) is 25.2 Å². The van der Waals surface area contributed by atoms with Crippen LogP contribution in [0.1, 0.15) is 0 Å². The lowest BCUT2D eigenvalue weighted by atomic mass is 9.92. The van der Waals surface area contributed by atoms with Gasteiger partial charge in [0.15, 0.2) is 0 Å². The van der Waals surface area contributed by atoms with Crippen molar-refractivity contribution in [3.63, 3.8) is 0 Å². The molecule has 0 aliphatic carbocycles. The number of rotatable bonds is 3. The van der Waals surface area contributed by atoms with Crippen LogP contribution in [0, 0.1) is 0 Å². The maximum absolute atomic E-state index is 14.6. The first-order valence-electron chi connectivity index (χ1n) is 16.3. The third-order valence-electron chi connectivity index (χ3n) is 9.88. The number of hydrogen-bond donors (Lipinski definition) is 0. The highest BCUT2D eigenvalue weighted by atomic mass is 16.1. The molecule has 9 aromatic rings. The molecule has 0 atom stereocenters. The average molecular weight is 613 g/mol. The Bertz CT molecular complexity index is 2800. The third kappa shape index (κ3) is 3.85. The minimum Gasteiger partial charge on any atom is -0.306 e. The molecule has 0 radical (unpaired) electrons. The molecule has 0 fully saturated rings. The molecule has 1 aliphatic rings. The smallest absolute Gasteiger partial charge is 0.263 e. The Kier molecular flexibility index (Phi) is 5.73. The summed E-state index contributed by atoms with van der Waals surface area (Å²) >= 11 is 0. The highest BCUT2D eigenvalue weighted by molar-refractivity contribution is 6.16. The molecule has 224 valence electrons. The first-order chi connectivity index (χ1) is 23.7. The van der Waals surface area contributed by atoms with E-state index in [0.29, 0.717) is 5.39 Å². The second-order valence-corrected chi connectivity index (χ2v) is 12.5. The molecule has 0 saturated carbocycles. The highest BCUT2D eigenvalue weighted by Gasteiger charge is 2.30. The van der Waals surface area contributed by atoms with Crippen molar-refractivity contribution >= 4 is 60.3 Å². The van der Waals surface area contributed by atoms with E-state index >= 15 is 0 Å². The fraction of sp³-hybridized carbons (Fsp3) is 0. The van der Waals surface area contributed by atoms with Gasteiger partial charge in [0.2, 0.25) is 0 Å². The van der Waals surface area contributed by atoms with Crippen molar-refractivity contribution in [2.75, 3.05) is 4.90 Å². The van der Waals surface area contributed by atoms with Gasteiger partial charge >= 0.3 is 0 Å². The molecular formula is C45H28N2O. The lowest BCUT2D eigenvalue weighted by Gasteiger charge is -2.35. The molecule has 0 amide bonds. The van der Waals surface area contributed by atoms with E-state index in [2.05, 4.69) is 157 Å². The summed E-state index contributed by atoms with van der Waals surface area (Å²) in [5, 5.41) is 7.52. The molecular weight excluding hydrogens is 585 g/mol. The van der Waals surface area contributed by atoms with E-state index in [1.165, 1.54) is 21.5 Å². The van der Waals surface area contributed by atoms with E-state index in [1.807, 2.05) is 22.8 Å². The van der Waals surface area contributed by atoms with Gasteiger partial charge in [0, 0.05) is 16.5 Å².